The molecule has 142 valence electrons. The Labute approximate surface area is 155 Å². The molecule has 1 aliphatic rings. The molecular formula is C20H28N2O4. The number of para-hydroxylation sites is 2. The zero-order valence-electron chi connectivity index (χ0n) is 15.6. The third kappa shape index (κ3) is 5.33. The van der Waals surface area contributed by atoms with Crippen molar-refractivity contribution >= 4 is 17.5 Å². The second kappa shape index (κ2) is 9.97. The molecule has 0 aromatic heterocycles. The summed E-state index contributed by atoms with van der Waals surface area (Å²) in [5, 5.41) is 2.93. The van der Waals surface area contributed by atoms with Crippen molar-refractivity contribution in [2.75, 3.05) is 32.1 Å². The summed E-state index contributed by atoms with van der Waals surface area (Å²) in [5.41, 5.74) is 0.669. The average Bonchev–Trinajstić information content (AvgIpc) is 2.68. The van der Waals surface area contributed by atoms with Crippen LogP contribution in [-0.4, -0.2) is 49.6 Å². The van der Waals surface area contributed by atoms with Gasteiger partial charge in [0.05, 0.1) is 19.4 Å². The Morgan fingerprint density at radius 1 is 1.35 bits per heavy atom. The first-order chi connectivity index (χ1) is 12.6. The minimum Gasteiger partial charge on any atom is -0.495 e. The fraction of sp³-hybridized carbons (Fsp3) is 0.500. The molecular weight excluding hydrogens is 332 g/mol. The lowest BCUT2D eigenvalue weighted by Gasteiger charge is -2.33. The SMILES string of the molecule is C=CCCOC(C)C(=O)N1CCC(C(=O)Nc2ccccc2OC)CC1. The van der Waals surface area contributed by atoms with Crippen molar-refractivity contribution in [3.05, 3.63) is 36.9 Å². The number of hydrogen-bond donors (Lipinski definition) is 1. The predicted molar refractivity (Wildman–Crippen MR) is 101 cm³/mol. The topological polar surface area (TPSA) is 67.9 Å². The third-order valence-corrected chi connectivity index (χ3v) is 4.58. The molecule has 26 heavy (non-hydrogen) atoms. The van der Waals surface area contributed by atoms with Gasteiger partial charge in [-0.25, -0.2) is 0 Å². The first-order valence-electron chi connectivity index (χ1n) is 9.02. The lowest BCUT2D eigenvalue weighted by molar-refractivity contribution is -0.144. The van der Waals surface area contributed by atoms with E-state index >= 15 is 0 Å². The van der Waals surface area contributed by atoms with Crippen molar-refractivity contribution in [3.63, 3.8) is 0 Å². The molecule has 6 nitrogen and oxygen atoms in total. The molecule has 1 aliphatic heterocycles. The second-order valence-electron chi connectivity index (χ2n) is 6.38. The molecule has 1 aromatic carbocycles. The highest BCUT2D eigenvalue weighted by Crippen LogP contribution is 2.26. The summed E-state index contributed by atoms with van der Waals surface area (Å²) in [6, 6.07) is 7.34. The van der Waals surface area contributed by atoms with E-state index in [4.69, 9.17) is 9.47 Å². The highest BCUT2D eigenvalue weighted by atomic mass is 16.5. The number of benzene rings is 1. The highest BCUT2D eigenvalue weighted by Gasteiger charge is 2.29. The van der Waals surface area contributed by atoms with Crippen molar-refractivity contribution < 1.29 is 19.1 Å². The molecule has 1 unspecified atom stereocenters. The lowest BCUT2D eigenvalue weighted by atomic mass is 9.95. The van der Waals surface area contributed by atoms with E-state index in [9.17, 15) is 9.59 Å². The number of amides is 2. The number of rotatable bonds is 8. The summed E-state index contributed by atoms with van der Waals surface area (Å²) in [6.45, 7) is 7.04. The van der Waals surface area contributed by atoms with Gasteiger partial charge in [-0.1, -0.05) is 18.2 Å². The van der Waals surface area contributed by atoms with Crippen molar-refractivity contribution in [1.29, 1.82) is 0 Å². The Balaban J connectivity index is 1.82. The van der Waals surface area contributed by atoms with Gasteiger partial charge in [-0.2, -0.15) is 0 Å². The molecule has 1 atom stereocenters. The molecule has 2 rings (SSSR count). The minimum atomic E-state index is -0.464. The van der Waals surface area contributed by atoms with Crippen LogP contribution in [0.25, 0.3) is 0 Å². The van der Waals surface area contributed by atoms with Crippen LogP contribution >= 0.6 is 0 Å². The molecule has 1 heterocycles. The van der Waals surface area contributed by atoms with E-state index in [0.717, 1.165) is 6.42 Å². The van der Waals surface area contributed by atoms with Gasteiger partial charge >= 0.3 is 0 Å². The van der Waals surface area contributed by atoms with E-state index in [-0.39, 0.29) is 17.7 Å². The summed E-state index contributed by atoms with van der Waals surface area (Å²) in [5.74, 6) is 0.481. The van der Waals surface area contributed by atoms with Crippen LogP contribution in [0.3, 0.4) is 0 Å². The normalized spacial score (nSPS) is 16.0. The molecule has 1 saturated heterocycles. The van der Waals surface area contributed by atoms with E-state index in [1.54, 1.807) is 25.0 Å². The third-order valence-electron chi connectivity index (χ3n) is 4.58. The van der Waals surface area contributed by atoms with Crippen molar-refractivity contribution in [2.45, 2.75) is 32.3 Å². The van der Waals surface area contributed by atoms with Crippen LogP contribution < -0.4 is 10.1 Å². The van der Waals surface area contributed by atoms with E-state index in [1.165, 1.54) is 0 Å². The maximum Gasteiger partial charge on any atom is 0.251 e. The second-order valence-corrected chi connectivity index (χ2v) is 6.38. The van der Waals surface area contributed by atoms with Gasteiger partial charge in [0.2, 0.25) is 5.91 Å². The fourth-order valence-corrected chi connectivity index (χ4v) is 3.00. The summed E-state index contributed by atoms with van der Waals surface area (Å²) in [4.78, 5) is 26.7. The number of carbonyl (C=O) groups excluding carboxylic acids is 2. The molecule has 6 heteroatoms. The number of hydrogen-bond acceptors (Lipinski definition) is 4. The molecule has 0 radical (unpaired) electrons. The number of likely N-dealkylation sites (tertiary alicyclic amines) is 1. The van der Waals surface area contributed by atoms with E-state index < -0.39 is 6.10 Å². The van der Waals surface area contributed by atoms with Gasteiger partial charge in [-0.05, 0) is 38.3 Å². The number of methoxy groups -OCH3 is 1. The number of piperidine rings is 1. The minimum absolute atomic E-state index is 0.0161. The summed E-state index contributed by atoms with van der Waals surface area (Å²) in [6.07, 6.45) is 3.32. The maximum absolute atomic E-state index is 12.5. The lowest BCUT2D eigenvalue weighted by Crippen LogP contribution is -2.45. The zero-order valence-corrected chi connectivity index (χ0v) is 15.6. The largest absolute Gasteiger partial charge is 0.495 e. The molecule has 1 fully saturated rings. The van der Waals surface area contributed by atoms with Crippen LogP contribution in [0, 0.1) is 5.92 Å². The predicted octanol–water partition coefficient (Wildman–Crippen LogP) is 2.85. The Kier molecular flexibility index (Phi) is 7.66. The first kappa shape index (κ1) is 20.0. The van der Waals surface area contributed by atoms with Gasteiger partial charge in [0, 0.05) is 19.0 Å². The molecule has 0 spiro atoms. The summed E-state index contributed by atoms with van der Waals surface area (Å²) >= 11 is 0. The smallest absolute Gasteiger partial charge is 0.251 e. The van der Waals surface area contributed by atoms with Gasteiger partial charge in [0.1, 0.15) is 11.9 Å². The Morgan fingerprint density at radius 2 is 2.04 bits per heavy atom. The van der Waals surface area contributed by atoms with Gasteiger partial charge in [-0.3, -0.25) is 9.59 Å². The Hall–Kier alpha value is -2.34. The van der Waals surface area contributed by atoms with Crippen molar-refractivity contribution in [1.82, 2.24) is 4.90 Å². The molecule has 0 bridgehead atoms. The van der Waals surface area contributed by atoms with Gasteiger partial charge < -0.3 is 19.7 Å². The van der Waals surface area contributed by atoms with Crippen LogP contribution in [0.4, 0.5) is 5.69 Å². The van der Waals surface area contributed by atoms with Crippen LogP contribution in [0.2, 0.25) is 0 Å². The van der Waals surface area contributed by atoms with Gasteiger partial charge in [0.25, 0.3) is 5.91 Å². The number of nitrogens with one attached hydrogen (secondary N) is 1. The summed E-state index contributed by atoms with van der Waals surface area (Å²) < 4.78 is 10.8. The molecule has 0 aliphatic carbocycles. The quantitative estimate of drug-likeness (QED) is 0.572. The number of nitrogens with zero attached hydrogens (tertiary/aromatic N) is 1. The molecule has 1 aromatic rings. The van der Waals surface area contributed by atoms with Crippen LogP contribution in [0.15, 0.2) is 36.9 Å². The Morgan fingerprint density at radius 3 is 2.69 bits per heavy atom. The number of anilines is 1. The van der Waals surface area contributed by atoms with Gasteiger partial charge in [0.15, 0.2) is 0 Å². The van der Waals surface area contributed by atoms with Gasteiger partial charge in [-0.15, -0.1) is 6.58 Å². The standard InChI is InChI=1S/C20H28N2O4/c1-4-5-14-26-15(2)20(24)22-12-10-16(11-13-22)19(23)21-17-8-6-7-9-18(17)25-3/h4,6-9,15-16H,1,5,10-14H2,2-3H3,(H,21,23). The van der Waals surface area contributed by atoms with E-state index in [2.05, 4.69) is 11.9 Å². The van der Waals surface area contributed by atoms with Crippen LogP contribution in [0.1, 0.15) is 26.2 Å². The maximum atomic E-state index is 12.5. The van der Waals surface area contributed by atoms with Crippen molar-refractivity contribution in [3.8, 4) is 5.75 Å². The van der Waals surface area contributed by atoms with Crippen LogP contribution in [-0.2, 0) is 14.3 Å². The number of carbonyl (C=O) groups is 2. The average molecular weight is 360 g/mol. The fourth-order valence-electron chi connectivity index (χ4n) is 3.00. The molecule has 0 saturated carbocycles. The zero-order chi connectivity index (χ0) is 18.9. The molecule has 2 amide bonds. The van der Waals surface area contributed by atoms with E-state index in [1.807, 2.05) is 24.3 Å². The summed E-state index contributed by atoms with van der Waals surface area (Å²) in [7, 11) is 1.58. The monoisotopic (exact) mass is 360 g/mol. The van der Waals surface area contributed by atoms with Crippen molar-refractivity contribution in [2.24, 2.45) is 5.92 Å². The molecule has 1 N–H and O–H groups in total. The van der Waals surface area contributed by atoms with Crippen LogP contribution in [0.5, 0.6) is 5.75 Å². The highest BCUT2D eigenvalue weighted by molar-refractivity contribution is 5.94. The number of ether oxygens (including phenoxy) is 2. The Bertz CT molecular complexity index is 624. The van der Waals surface area contributed by atoms with E-state index in [0.29, 0.717) is 44.0 Å². The first-order valence-corrected chi connectivity index (χ1v) is 9.02.